The summed E-state index contributed by atoms with van der Waals surface area (Å²) in [6.45, 7) is 0. The minimum absolute atomic E-state index is 0.0585. The summed E-state index contributed by atoms with van der Waals surface area (Å²) in [5.74, 6) is -1.09. The molecule has 3 fully saturated rings. The van der Waals surface area contributed by atoms with Crippen LogP contribution in [0.2, 0.25) is 0 Å². The first kappa shape index (κ1) is 12.8. The van der Waals surface area contributed by atoms with E-state index in [0.29, 0.717) is 12.5 Å². The Morgan fingerprint density at radius 2 is 1.84 bits per heavy atom. The Balaban J connectivity index is 1.72. The van der Waals surface area contributed by atoms with Crippen molar-refractivity contribution >= 4 is 12.0 Å². The normalized spacial score (nSPS) is 33.9. The summed E-state index contributed by atoms with van der Waals surface area (Å²) in [7, 11) is 1.88. The van der Waals surface area contributed by atoms with Crippen molar-refractivity contribution < 1.29 is 14.7 Å². The first-order valence-electron chi connectivity index (χ1n) is 7.37. The molecule has 5 heteroatoms. The van der Waals surface area contributed by atoms with Gasteiger partial charge in [0, 0.05) is 25.2 Å². The summed E-state index contributed by atoms with van der Waals surface area (Å²) >= 11 is 0. The van der Waals surface area contributed by atoms with Crippen LogP contribution < -0.4 is 0 Å². The maximum atomic E-state index is 12.6. The predicted molar refractivity (Wildman–Crippen MR) is 69.8 cm³/mol. The molecule has 0 aromatic heterocycles. The van der Waals surface area contributed by atoms with Crippen LogP contribution in [0, 0.1) is 5.92 Å². The van der Waals surface area contributed by atoms with Gasteiger partial charge in [-0.15, -0.1) is 0 Å². The number of carbonyl (C=O) groups excluding carboxylic acids is 1. The number of hydrogen-bond donors (Lipinski definition) is 1. The topological polar surface area (TPSA) is 60.9 Å². The number of urea groups is 1. The van der Waals surface area contributed by atoms with E-state index in [1.165, 1.54) is 12.8 Å². The number of carbonyl (C=O) groups is 2. The Morgan fingerprint density at radius 1 is 1.16 bits per heavy atom. The molecule has 0 spiro atoms. The van der Waals surface area contributed by atoms with Gasteiger partial charge in [-0.2, -0.15) is 0 Å². The Kier molecular flexibility index (Phi) is 3.15. The largest absolute Gasteiger partial charge is 0.481 e. The quantitative estimate of drug-likeness (QED) is 0.830. The minimum atomic E-state index is -0.742. The number of carboxylic acid groups (broad SMARTS) is 1. The molecule has 0 aromatic rings. The third-order valence-corrected chi connectivity index (χ3v) is 5.25. The van der Waals surface area contributed by atoms with Gasteiger partial charge in [0.2, 0.25) is 0 Å². The summed E-state index contributed by atoms with van der Waals surface area (Å²) in [5.41, 5.74) is 0. The molecule has 2 aliphatic heterocycles. The van der Waals surface area contributed by atoms with Gasteiger partial charge in [0.05, 0.1) is 5.92 Å². The number of carboxylic acids is 1. The smallest absolute Gasteiger partial charge is 0.320 e. The zero-order chi connectivity index (χ0) is 13.6. The molecule has 0 radical (unpaired) electrons. The third-order valence-electron chi connectivity index (χ3n) is 5.25. The van der Waals surface area contributed by atoms with Crippen molar-refractivity contribution in [3.63, 3.8) is 0 Å². The van der Waals surface area contributed by atoms with Gasteiger partial charge < -0.3 is 14.9 Å². The molecule has 1 saturated carbocycles. The van der Waals surface area contributed by atoms with Crippen molar-refractivity contribution in [3.05, 3.63) is 0 Å². The fourth-order valence-electron chi connectivity index (χ4n) is 4.18. The fourth-order valence-corrected chi connectivity index (χ4v) is 4.18. The number of hydrogen-bond acceptors (Lipinski definition) is 2. The highest BCUT2D eigenvalue weighted by molar-refractivity contribution is 5.79. The predicted octanol–water partition coefficient (Wildman–Crippen LogP) is 1.92. The number of fused-ring (bicyclic) bond motifs is 2. The van der Waals surface area contributed by atoms with Crippen LogP contribution >= 0.6 is 0 Å². The summed E-state index contributed by atoms with van der Waals surface area (Å²) in [6, 6.07) is 0.500. The van der Waals surface area contributed by atoms with Gasteiger partial charge in [-0.1, -0.05) is 12.8 Å². The lowest BCUT2D eigenvalue weighted by atomic mass is 9.89. The number of aliphatic carboxylic acids is 1. The molecular formula is C14H22N2O3. The molecule has 3 unspecified atom stereocenters. The zero-order valence-corrected chi connectivity index (χ0v) is 11.4. The van der Waals surface area contributed by atoms with Crippen molar-refractivity contribution in [2.24, 2.45) is 5.92 Å². The molecule has 3 rings (SSSR count). The molecule has 2 heterocycles. The summed E-state index contributed by atoms with van der Waals surface area (Å²) in [5, 5.41) is 9.23. The highest BCUT2D eigenvalue weighted by Gasteiger charge is 2.52. The van der Waals surface area contributed by atoms with Crippen molar-refractivity contribution in [2.75, 3.05) is 7.05 Å². The molecule has 5 nitrogen and oxygen atoms in total. The summed E-state index contributed by atoms with van der Waals surface area (Å²) < 4.78 is 0. The van der Waals surface area contributed by atoms with Gasteiger partial charge >= 0.3 is 12.0 Å². The molecule has 2 saturated heterocycles. The first-order valence-corrected chi connectivity index (χ1v) is 7.37. The van der Waals surface area contributed by atoms with Gasteiger partial charge in [-0.05, 0) is 32.1 Å². The molecule has 3 aliphatic rings. The zero-order valence-electron chi connectivity index (χ0n) is 11.4. The van der Waals surface area contributed by atoms with E-state index in [2.05, 4.69) is 0 Å². The summed E-state index contributed by atoms with van der Waals surface area (Å²) in [6.07, 6.45) is 7.05. The van der Waals surface area contributed by atoms with E-state index in [4.69, 9.17) is 0 Å². The Morgan fingerprint density at radius 3 is 2.42 bits per heavy atom. The van der Waals surface area contributed by atoms with Crippen LogP contribution in [0.1, 0.15) is 44.9 Å². The maximum Gasteiger partial charge on any atom is 0.320 e. The van der Waals surface area contributed by atoms with Crippen LogP contribution in [0.5, 0.6) is 0 Å². The Labute approximate surface area is 113 Å². The lowest BCUT2D eigenvalue weighted by molar-refractivity contribution is -0.142. The average Bonchev–Trinajstić information content (AvgIpc) is 3.11. The molecule has 0 aromatic carbocycles. The Hall–Kier alpha value is -1.26. The number of rotatable bonds is 2. The fraction of sp³-hybridized carbons (Fsp3) is 0.857. The highest BCUT2D eigenvalue weighted by Crippen LogP contribution is 2.42. The lowest BCUT2D eigenvalue weighted by Gasteiger charge is -2.32. The monoisotopic (exact) mass is 266 g/mol. The lowest BCUT2D eigenvalue weighted by Crippen LogP contribution is -2.48. The minimum Gasteiger partial charge on any atom is -0.481 e. The summed E-state index contributed by atoms with van der Waals surface area (Å²) in [4.78, 5) is 27.6. The standard InChI is InChI=1S/C14H22N2O3/c1-15(9-4-2-3-5-9)14(19)16-10-6-7-12(16)11(8-10)13(17)18/h9-12H,2-8H2,1H3,(H,17,18). The Bertz CT molecular complexity index is 392. The molecule has 3 atom stereocenters. The van der Waals surface area contributed by atoms with Gasteiger partial charge in [0.15, 0.2) is 0 Å². The molecule has 19 heavy (non-hydrogen) atoms. The molecular weight excluding hydrogens is 244 g/mol. The molecule has 2 amide bonds. The second-order valence-electron chi connectivity index (χ2n) is 6.22. The van der Waals surface area contributed by atoms with Crippen molar-refractivity contribution in [1.29, 1.82) is 0 Å². The van der Waals surface area contributed by atoms with Gasteiger partial charge in [0.1, 0.15) is 0 Å². The van der Waals surface area contributed by atoms with Crippen LogP contribution in [-0.2, 0) is 4.79 Å². The van der Waals surface area contributed by atoms with E-state index in [9.17, 15) is 14.7 Å². The van der Waals surface area contributed by atoms with Crippen molar-refractivity contribution in [1.82, 2.24) is 9.80 Å². The average molecular weight is 266 g/mol. The van der Waals surface area contributed by atoms with E-state index in [1.807, 2.05) is 16.8 Å². The second kappa shape index (κ2) is 4.69. The molecule has 1 aliphatic carbocycles. The molecule has 1 N–H and O–H groups in total. The number of amides is 2. The molecule has 2 bridgehead atoms. The maximum absolute atomic E-state index is 12.6. The van der Waals surface area contributed by atoms with E-state index in [0.717, 1.165) is 25.7 Å². The van der Waals surface area contributed by atoms with Crippen LogP contribution in [-0.4, -0.2) is 52.1 Å². The van der Waals surface area contributed by atoms with Crippen LogP contribution in [0.3, 0.4) is 0 Å². The van der Waals surface area contributed by atoms with E-state index >= 15 is 0 Å². The van der Waals surface area contributed by atoms with Gasteiger partial charge in [-0.25, -0.2) is 4.79 Å². The third kappa shape index (κ3) is 1.99. The van der Waals surface area contributed by atoms with Gasteiger partial charge in [-0.3, -0.25) is 4.79 Å². The SMILES string of the molecule is CN(C(=O)N1C2CCC1C(C(=O)O)C2)C1CCCC1. The van der Waals surface area contributed by atoms with E-state index in [-0.39, 0.29) is 24.0 Å². The first-order chi connectivity index (χ1) is 9.09. The van der Waals surface area contributed by atoms with Gasteiger partial charge in [0.25, 0.3) is 0 Å². The highest BCUT2D eigenvalue weighted by atomic mass is 16.4. The molecule has 106 valence electrons. The van der Waals surface area contributed by atoms with Crippen LogP contribution in [0.25, 0.3) is 0 Å². The van der Waals surface area contributed by atoms with Crippen LogP contribution in [0.15, 0.2) is 0 Å². The van der Waals surface area contributed by atoms with Crippen LogP contribution in [0.4, 0.5) is 4.79 Å². The van der Waals surface area contributed by atoms with Crippen molar-refractivity contribution in [3.8, 4) is 0 Å². The number of nitrogens with zero attached hydrogens (tertiary/aromatic N) is 2. The van der Waals surface area contributed by atoms with Crippen molar-refractivity contribution in [2.45, 2.75) is 63.1 Å². The van der Waals surface area contributed by atoms with E-state index < -0.39 is 5.97 Å². The second-order valence-corrected chi connectivity index (χ2v) is 6.22. The van der Waals surface area contributed by atoms with E-state index in [1.54, 1.807) is 0 Å².